The molecule has 0 saturated carbocycles. The molecule has 0 saturated heterocycles. The van der Waals surface area contributed by atoms with E-state index in [1.54, 1.807) is 0 Å². The monoisotopic (exact) mass is 829 g/mol. The summed E-state index contributed by atoms with van der Waals surface area (Å²) in [5.74, 6) is -4.87. The fraction of sp³-hybridized carbons (Fsp3) is 0.222. The molecule has 6 rings (SSSR count). The molecule has 0 atom stereocenters. The summed E-state index contributed by atoms with van der Waals surface area (Å²) in [6.45, 7) is 5.95. The van der Waals surface area contributed by atoms with Crippen molar-refractivity contribution in [3.63, 3.8) is 0 Å². The van der Waals surface area contributed by atoms with Crippen molar-refractivity contribution in [3.05, 3.63) is 113 Å². The largest absolute Gasteiger partial charge is 0.368 e. The van der Waals surface area contributed by atoms with Crippen LogP contribution in [-0.4, -0.2) is 81.0 Å². The molecule has 0 radical (unpaired) electrons. The number of nitrogens with two attached hydrogens (primary N) is 1. The average Bonchev–Trinajstić information content (AvgIpc) is 3.72. The number of likely N-dealkylation sites (N-methyl/N-ethyl adjacent to an activating group) is 1. The van der Waals surface area contributed by atoms with Crippen LogP contribution in [0, 0.1) is 23.3 Å². The highest BCUT2D eigenvalue weighted by molar-refractivity contribution is 7.91. The molecule has 1 amide bonds. The molecule has 0 fully saturated rings. The van der Waals surface area contributed by atoms with Crippen LogP contribution in [0.3, 0.4) is 0 Å². The number of carbonyl (C=O) groups excluding carboxylic acids is 2. The number of nitrogen functional groups attached to an aromatic ring is 1. The van der Waals surface area contributed by atoms with Gasteiger partial charge in [0, 0.05) is 31.3 Å². The third kappa shape index (κ3) is 8.19. The number of fused-ring (bicyclic) bond motifs is 2. The van der Waals surface area contributed by atoms with Crippen LogP contribution in [0.1, 0.15) is 55.0 Å². The third-order valence-electron chi connectivity index (χ3n) is 8.30. The van der Waals surface area contributed by atoms with Gasteiger partial charge >= 0.3 is 0 Å². The molecule has 4 N–H and O–H groups in total. The first kappa shape index (κ1) is 41.9. The Morgan fingerprint density at radius 2 is 1.18 bits per heavy atom. The van der Waals surface area contributed by atoms with E-state index < -0.39 is 71.1 Å². The first-order chi connectivity index (χ1) is 26.7. The number of imidazole rings is 2. The van der Waals surface area contributed by atoms with Gasteiger partial charge in [-0.25, -0.2) is 54.3 Å². The van der Waals surface area contributed by atoms with Gasteiger partial charge in [-0.15, -0.1) is 0 Å². The van der Waals surface area contributed by atoms with Crippen LogP contribution in [0.2, 0.25) is 0 Å². The zero-order valence-electron chi connectivity index (χ0n) is 31.0. The van der Waals surface area contributed by atoms with Gasteiger partial charge in [0.05, 0.1) is 21.8 Å². The first-order valence-electron chi connectivity index (χ1n) is 16.8. The highest BCUT2D eigenvalue weighted by Crippen LogP contribution is 2.29. The molecule has 0 aliphatic rings. The third-order valence-corrected chi connectivity index (χ3v) is 12.4. The highest BCUT2D eigenvalue weighted by atomic mass is 32.2. The van der Waals surface area contributed by atoms with Crippen molar-refractivity contribution in [2.24, 2.45) is 0 Å². The average molecular weight is 830 g/mol. The summed E-state index contributed by atoms with van der Waals surface area (Å²) in [4.78, 5) is 41.1. The molecule has 4 heterocycles. The van der Waals surface area contributed by atoms with Crippen LogP contribution in [-0.2, 0) is 24.8 Å². The lowest BCUT2D eigenvalue weighted by Crippen LogP contribution is -2.24. The summed E-state index contributed by atoms with van der Waals surface area (Å²) < 4.78 is 108. The maximum Gasteiger partial charge on any atom is 0.245 e. The Kier molecular flexibility index (Phi) is 11.8. The summed E-state index contributed by atoms with van der Waals surface area (Å²) in [6, 6.07) is 10.8. The number of ketones is 1. The van der Waals surface area contributed by atoms with E-state index in [0.717, 1.165) is 50.4 Å². The Morgan fingerprint density at radius 1 is 0.684 bits per heavy atom. The molecule has 15 nitrogen and oxygen atoms in total. The number of rotatable bonds is 10. The predicted octanol–water partition coefficient (Wildman–Crippen LogP) is 4.62. The highest BCUT2D eigenvalue weighted by Gasteiger charge is 2.28. The normalized spacial score (nSPS) is 12.2. The Morgan fingerprint density at radius 3 is 1.74 bits per heavy atom. The topological polar surface area (TPSA) is 214 Å². The second-order valence-corrected chi connectivity index (χ2v) is 17.4. The zero-order valence-corrected chi connectivity index (χ0v) is 32.7. The van der Waals surface area contributed by atoms with Crippen molar-refractivity contribution in [3.8, 4) is 0 Å². The van der Waals surface area contributed by atoms with Crippen LogP contribution in [0.5, 0.6) is 0 Å². The second-order valence-electron chi connectivity index (χ2n) is 12.7. The molecule has 4 aromatic heterocycles. The Hall–Kier alpha value is -6.22. The van der Waals surface area contributed by atoms with Gasteiger partial charge in [0.25, 0.3) is 0 Å². The standard InChI is InChI=1S/C19H19F2N5O3S.C17H16F2N4O3S/c1-10(2)30(28,29)26-18-16(25-19(26)22)7-6-15(24-18)13(9-17(27)23-3)12-8-11(20)4-5-14(12)21;1-9(2)27(25,26)23-16-14(22-17(23)20-3)7-6-13(21-16)15(24)11-8-10(18)4-5-12(11)19/h4-10H,1-3H3,(H2,22,25)(H,23,27);4-9H,1-3H3,(H,20,22)/b13-9-;. The molecule has 300 valence electrons. The lowest BCUT2D eigenvalue weighted by atomic mass is 10.0. The number of amides is 1. The summed E-state index contributed by atoms with van der Waals surface area (Å²) in [5.41, 5.74) is 5.14. The van der Waals surface area contributed by atoms with E-state index in [1.807, 2.05) is 0 Å². The summed E-state index contributed by atoms with van der Waals surface area (Å²) in [5, 5.41) is 3.46. The van der Waals surface area contributed by atoms with Crippen molar-refractivity contribution < 1.29 is 44.0 Å². The van der Waals surface area contributed by atoms with Crippen LogP contribution < -0.4 is 16.4 Å². The molecule has 0 aliphatic heterocycles. The summed E-state index contributed by atoms with van der Waals surface area (Å²) in [7, 11) is -4.87. The number of nitrogens with zero attached hydrogens (tertiary/aromatic N) is 6. The Bertz CT molecular complexity index is 2820. The van der Waals surface area contributed by atoms with Gasteiger partial charge < -0.3 is 16.4 Å². The fourth-order valence-corrected chi connectivity index (χ4v) is 7.52. The van der Waals surface area contributed by atoms with Crippen LogP contribution in [0.15, 0.2) is 66.7 Å². The van der Waals surface area contributed by atoms with Gasteiger partial charge in [-0.3, -0.25) is 9.59 Å². The lowest BCUT2D eigenvalue weighted by molar-refractivity contribution is -0.116. The lowest BCUT2D eigenvalue weighted by Gasteiger charge is -2.12. The van der Waals surface area contributed by atoms with Crippen molar-refractivity contribution in [1.82, 2.24) is 33.2 Å². The minimum atomic E-state index is -3.91. The van der Waals surface area contributed by atoms with Crippen LogP contribution >= 0.6 is 0 Å². The van der Waals surface area contributed by atoms with Crippen molar-refractivity contribution in [2.75, 3.05) is 25.1 Å². The summed E-state index contributed by atoms with van der Waals surface area (Å²) in [6.07, 6.45) is 1.05. The molecule has 6 aromatic rings. The molecule has 0 bridgehead atoms. The number of anilines is 2. The van der Waals surface area contributed by atoms with Crippen LogP contribution in [0.25, 0.3) is 27.9 Å². The van der Waals surface area contributed by atoms with Gasteiger partial charge in [0.15, 0.2) is 11.3 Å². The van der Waals surface area contributed by atoms with E-state index in [9.17, 15) is 44.0 Å². The SMILES string of the molecule is CNC(=O)/C=C(\c1ccc2nc(N)n(S(=O)(=O)C(C)C)c2n1)c1cc(F)ccc1F.CNc1nc2ccc(C(=O)c3cc(F)ccc3F)nc2n1S(=O)(=O)C(C)C. The Balaban J connectivity index is 0.000000219. The molecular weight excluding hydrogens is 795 g/mol. The maximum absolute atomic E-state index is 14.5. The number of pyridine rings is 2. The number of nitrogens with one attached hydrogen (secondary N) is 2. The quantitative estimate of drug-likeness (QED) is 0.0980. The van der Waals surface area contributed by atoms with E-state index in [2.05, 4.69) is 30.6 Å². The molecule has 21 heteroatoms. The van der Waals surface area contributed by atoms with Crippen LogP contribution in [0.4, 0.5) is 29.5 Å². The number of benzene rings is 2. The number of aromatic nitrogens is 6. The van der Waals surface area contributed by atoms with Gasteiger partial charge in [-0.05, 0) is 88.4 Å². The molecule has 57 heavy (non-hydrogen) atoms. The second kappa shape index (κ2) is 16.1. The minimum absolute atomic E-state index is 0.0349. The number of halogens is 4. The Labute approximate surface area is 323 Å². The maximum atomic E-state index is 14.5. The first-order valence-corrected chi connectivity index (χ1v) is 19.8. The molecule has 2 aromatic carbocycles. The van der Waals surface area contributed by atoms with Gasteiger partial charge in [-0.2, -0.15) is 7.94 Å². The molecule has 0 aliphatic carbocycles. The minimum Gasteiger partial charge on any atom is -0.368 e. The van der Waals surface area contributed by atoms with E-state index >= 15 is 0 Å². The van der Waals surface area contributed by atoms with Crippen molar-refractivity contribution in [2.45, 2.75) is 38.2 Å². The predicted molar refractivity (Wildman–Crippen MR) is 205 cm³/mol. The molecule has 0 unspecified atom stereocenters. The number of hydrogen-bond donors (Lipinski definition) is 3. The van der Waals surface area contributed by atoms with Gasteiger partial charge in [0.1, 0.15) is 40.0 Å². The van der Waals surface area contributed by atoms with Gasteiger partial charge in [0.2, 0.25) is 43.6 Å². The van der Waals surface area contributed by atoms with Crippen molar-refractivity contribution >= 4 is 71.5 Å². The number of carbonyl (C=O) groups is 2. The van der Waals surface area contributed by atoms with E-state index in [-0.39, 0.29) is 56.7 Å². The van der Waals surface area contributed by atoms with E-state index in [0.29, 0.717) is 0 Å². The zero-order chi connectivity index (χ0) is 42.1. The van der Waals surface area contributed by atoms with Gasteiger partial charge in [-0.1, -0.05) is 0 Å². The molecular formula is C36H35F4N9O6S2. The number of hydrogen-bond acceptors (Lipinski definition) is 12. The summed E-state index contributed by atoms with van der Waals surface area (Å²) >= 11 is 0. The smallest absolute Gasteiger partial charge is 0.245 e. The van der Waals surface area contributed by atoms with Crippen molar-refractivity contribution in [1.29, 1.82) is 0 Å². The van der Waals surface area contributed by atoms with E-state index in [1.165, 1.54) is 66.1 Å². The van der Waals surface area contributed by atoms with E-state index in [4.69, 9.17) is 5.73 Å². The fourth-order valence-electron chi connectivity index (χ4n) is 5.25. The molecule has 0 spiro atoms.